The molecule has 0 fully saturated rings. The van der Waals surface area contributed by atoms with Crippen LogP contribution in [0.15, 0.2) is 71.3 Å². The van der Waals surface area contributed by atoms with Crippen LogP contribution in [0.2, 0.25) is 0 Å². The van der Waals surface area contributed by atoms with Crippen molar-refractivity contribution >= 4 is 40.6 Å². The van der Waals surface area contributed by atoms with Crippen LogP contribution in [0.25, 0.3) is 0 Å². The Hall–Kier alpha value is -5.40. The van der Waals surface area contributed by atoms with Crippen molar-refractivity contribution in [2.45, 2.75) is 46.4 Å². The van der Waals surface area contributed by atoms with Crippen LogP contribution in [0.5, 0.6) is 5.75 Å². The first-order valence-corrected chi connectivity index (χ1v) is 16.1. The van der Waals surface area contributed by atoms with Gasteiger partial charge in [-0.2, -0.15) is 0 Å². The van der Waals surface area contributed by atoms with E-state index in [4.69, 9.17) is 15.0 Å². The summed E-state index contributed by atoms with van der Waals surface area (Å²) < 4.78 is 11.8. The quantitative estimate of drug-likeness (QED) is 0.144. The summed E-state index contributed by atoms with van der Waals surface area (Å²) in [7, 11) is 1.97. The molecule has 3 aromatic carbocycles. The third-order valence-electron chi connectivity index (χ3n) is 8.58. The van der Waals surface area contributed by atoms with Gasteiger partial charge in [-0.15, -0.1) is 0 Å². The first kappa shape index (κ1) is 34.9. The molecule has 0 aliphatic carbocycles. The van der Waals surface area contributed by atoms with Crippen molar-refractivity contribution in [2.75, 3.05) is 48.4 Å². The number of ether oxygens (including phenoxy) is 1. The van der Waals surface area contributed by atoms with E-state index < -0.39 is 18.2 Å². The highest BCUT2D eigenvalue weighted by molar-refractivity contribution is 6.06. The molecule has 0 bridgehead atoms. The van der Waals surface area contributed by atoms with Gasteiger partial charge in [-0.25, -0.2) is 4.79 Å². The fourth-order valence-corrected chi connectivity index (χ4v) is 5.74. The Labute approximate surface area is 285 Å². The minimum Gasteiger partial charge on any atom is -0.486 e. The Bertz CT molecular complexity index is 1790. The summed E-state index contributed by atoms with van der Waals surface area (Å²) in [5.41, 5.74) is 10.1. The summed E-state index contributed by atoms with van der Waals surface area (Å²) in [4.78, 5) is 43.5. The molecule has 4 aromatic rings. The predicted octanol–water partition coefficient (Wildman–Crippen LogP) is 5.12. The molecule has 258 valence electrons. The summed E-state index contributed by atoms with van der Waals surface area (Å²) >= 11 is 0. The molecule has 0 saturated heterocycles. The normalized spacial score (nSPS) is 16.6. The second-order valence-corrected chi connectivity index (χ2v) is 12.5. The van der Waals surface area contributed by atoms with Crippen LogP contribution in [-0.2, 0) is 6.54 Å². The molecule has 2 heterocycles. The van der Waals surface area contributed by atoms with Crippen LogP contribution in [0.3, 0.4) is 0 Å². The number of aliphatic hydroxyl groups excluding tert-OH is 1. The highest BCUT2D eigenvalue weighted by atomic mass is 16.5. The summed E-state index contributed by atoms with van der Waals surface area (Å²) in [5, 5.41) is 22.3. The number of amides is 4. The lowest BCUT2D eigenvalue weighted by Crippen LogP contribution is -2.49. The van der Waals surface area contributed by atoms with E-state index in [1.165, 1.54) is 0 Å². The molecule has 0 radical (unpaired) electrons. The molecule has 0 unspecified atom stereocenters. The fraction of sp³-hybridized carbons (Fsp3) is 0.333. The van der Waals surface area contributed by atoms with Gasteiger partial charge in [0.15, 0.2) is 11.5 Å². The number of aliphatic hydroxyl groups is 1. The van der Waals surface area contributed by atoms with Gasteiger partial charge in [-0.05, 0) is 69.8 Å². The molecule has 1 aliphatic rings. The largest absolute Gasteiger partial charge is 0.486 e. The van der Waals surface area contributed by atoms with Crippen molar-refractivity contribution < 1.29 is 28.8 Å². The van der Waals surface area contributed by atoms with Gasteiger partial charge in [-0.3, -0.25) is 14.5 Å². The van der Waals surface area contributed by atoms with Crippen molar-refractivity contribution in [3.05, 3.63) is 94.9 Å². The number of hydrogen-bond donors (Lipinski definition) is 5. The summed E-state index contributed by atoms with van der Waals surface area (Å²) in [5.74, 6) is 0.00623. The highest BCUT2D eigenvalue weighted by Gasteiger charge is 2.34. The number of nitrogens with one attached hydrogen (secondary N) is 3. The Morgan fingerprint density at radius 1 is 1.04 bits per heavy atom. The molecule has 13 nitrogen and oxygen atoms in total. The van der Waals surface area contributed by atoms with E-state index >= 15 is 0 Å². The van der Waals surface area contributed by atoms with Gasteiger partial charge in [0, 0.05) is 31.1 Å². The number of fused-ring (bicyclic) bond motifs is 1. The molecule has 0 saturated carbocycles. The van der Waals surface area contributed by atoms with Gasteiger partial charge in [0.1, 0.15) is 17.5 Å². The molecule has 49 heavy (non-hydrogen) atoms. The minimum atomic E-state index is -0.549. The lowest BCUT2D eigenvalue weighted by molar-refractivity contribution is 0.0343. The summed E-state index contributed by atoms with van der Waals surface area (Å²) in [6, 6.07) is 18.5. The zero-order valence-electron chi connectivity index (χ0n) is 28.3. The number of para-hydroxylation sites is 3. The van der Waals surface area contributed by atoms with Crippen molar-refractivity contribution in [3.8, 4) is 5.75 Å². The number of carbonyl (C=O) groups is 3. The average Bonchev–Trinajstić information content (AvgIpc) is 3.39. The first-order chi connectivity index (χ1) is 23.4. The van der Waals surface area contributed by atoms with E-state index in [2.05, 4.69) is 26.0 Å². The molecule has 5 rings (SSSR count). The number of nitrogens with zero attached hydrogens (tertiary/aromatic N) is 3. The Balaban J connectivity index is 1.34. The first-order valence-electron chi connectivity index (χ1n) is 16.1. The molecular formula is C36H43N7O6. The number of aryl methyl sites for hydroxylation is 2. The monoisotopic (exact) mass is 669 g/mol. The van der Waals surface area contributed by atoms with Gasteiger partial charge < -0.3 is 41.0 Å². The molecule has 1 aliphatic heterocycles. The number of rotatable bonds is 10. The maximum absolute atomic E-state index is 13.8. The maximum Gasteiger partial charge on any atom is 0.323 e. The number of likely N-dealkylation sites (N-methyl/N-ethyl adjacent to an activating group) is 1. The minimum absolute atomic E-state index is 0.144. The zero-order chi connectivity index (χ0) is 35.2. The third kappa shape index (κ3) is 8.19. The van der Waals surface area contributed by atoms with Crippen LogP contribution >= 0.6 is 0 Å². The van der Waals surface area contributed by atoms with Gasteiger partial charge in [-0.1, -0.05) is 42.4 Å². The highest BCUT2D eigenvalue weighted by Crippen LogP contribution is 2.35. The van der Waals surface area contributed by atoms with Crippen molar-refractivity contribution in [2.24, 2.45) is 5.92 Å². The summed E-state index contributed by atoms with van der Waals surface area (Å²) in [6.07, 6.45) is -0.403. The topological polar surface area (TPSA) is 175 Å². The molecule has 1 aromatic heterocycles. The molecule has 6 N–H and O–H groups in total. The number of nitrogens with two attached hydrogens (primary N) is 1. The van der Waals surface area contributed by atoms with Gasteiger partial charge >= 0.3 is 6.03 Å². The van der Waals surface area contributed by atoms with Gasteiger partial charge in [0.25, 0.3) is 11.8 Å². The average molecular weight is 670 g/mol. The number of carbonyl (C=O) groups excluding carboxylic acids is 3. The van der Waals surface area contributed by atoms with Gasteiger partial charge in [0.05, 0.1) is 35.3 Å². The van der Waals surface area contributed by atoms with Gasteiger partial charge in [0.2, 0.25) is 0 Å². The van der Waals surface area contributed by atoms with E-state index in [-0.39, 0.29) is 35.7 Å². The van der Waals surface area contributed by atoms with E-state index in [0.717, 1.165) is 5.56 Å². The van der Waals surface area contributed by atoms with Crippen LogP contribution in [0.4, 0.5) is 27.5 Å². The van der Waals surface area contributed by atoms with E-state index in [1.54, 1.807) is 74.2 Å². The third-order valence-corrected chi connectivity index (χ3v) is 8.58. The van der Waals surface area contributed by atoms with E-state index in [1.807, 2.05) is 32.2 Å². The lowest BCUT2D eigenvalue weighted by Gasteiger charge is -2.38. The van der Waals surface area contributed by atoms with Crippen LogP contribution in [0, 0.1) is 19.8 Å². The van der Waals surface area contributed by atoms with Crippen molar-refractivity contribution in [1.82, 2.24) is 15.0 Å². The molecule has 0 spiro atoms. The molecule has 13 heteroatoms. The smallest absolute Gasteiger partial charge is 0.323 e. The molecule has 3 atom stereocenters. The maximum atomic E-state index is 13.8. The van der Waals surface area contributed by atoms with Crippen LogP contribution < -0.4 is 26.4 Å². The van der Waals surface area contributed by atoms with Crippen molar-refractivity contribution in [3.63, 3.8) is 0 Å². The van der Waals surface area contributed by atoms with E-state index in [0.29, 0.717) is 59.4 Å². The SMILES string of the molecule is Cc1noc(C)c1NC(=O)Nc1cccc2c1O[C@@H](CN(C)Cc1ccc(C(=O)Nc3ccccc3N)cc1)[C@H](C)CN([C@H](C)CO)C2=O. The zero-order valence-corrected chi connectivity index (χ0v) is 28.3. The molecular weight excluding hydrogens is 626 g/mol. The van der Waals surface area contributed by atoms with Crippen LogP contribution in [-0.4, -0.2) is 76.8 Å². The standard InChI is InChI=1S/C36H43N7O6/c1-21-17-43(22(2)20-44)35(46)27-9-8-12-30(39-36(47)40-32-23(3)41-49-24(32)4)33(27)48-31(21)19-42(5)18-25-13-15-26(16-14-25)34(45)38-29-11-7-6-10-28(29)37/h6-16,21-22,31,44H,17-20,37H2,1-5H3,(H,38,45)(H2,39,40,47)/t21-,22-,31+/m1/s1. The number of aromatic nitrogens is 1. The fourth-order valence-electron chi connectivity index (χ4n) is 5.74. The second kappa shape index (κ2) is 15.2. The Morgan fingerprint density at radius 2 is 1.76 bits per heavy atom. The molecule has 4 amide bonds. The second-order valence-electron chi connectivity index (χ2n) is 12.5. The summed E-state index contributed by atoms with van der Waals surface area (Å²) in [6.45, 7) is 8.41. The number of benzene rings is 3. The number of urea groups is 1. The van der Waals surface area contributed by atoms with Crippen LogP contribution in [0.1, 0.15) is 51.6 Å². The number of hydrogen-bond acceptors (Lipinski definition) is 9. The lowest BCUT2D eigenvalue weighted by atomic mass is 9.98. The van der Waals surface area contributed by atoms with Crippen molar-refractivity contribution in [1.29, 1.82) is 0 Å². The number of nitrogen functional groups attached to an aromatic ring is 1. The Morgan fingerprint density at radius 3 is 2.43 bits per heavy atom. The Kier molecular flexibility index (Phi) is 10.8. The number of anilines is 4. The predicted molar refractivity (Wildman–Crippen MR) is 188 cm³/mol. The van der Waals surface area contributed by atoms with E-state index in [9.17, 15) is 19.5 Å².